The Bertz CT molecular complexity index is 1410. The van der Waals surface area contributed by atoms with Gasteiger partial charge < -0.3 is 10.2 Å². The Labute approximate surface area is 199 Å². The minimum Gasteiger partial charge on any atom is -0.507 e. The van der Waals surface area contributed by atoms with Crippen molar-refractivity contribution in [2.75, 3.05) is 0 Å². The fraction of sp³-hybridized carbons (Fsp3) is 0.0625. The van der Waals surface area contributed by atoms with Crippen LogP contribution in [0.2, 0.25) is 0 Å². The molecule has 0 radical (unpaired) electrons. The minimum atomic E-state index is 0.271. The molecule has 0 heterocycles. The second-order valence-electron chi connectivity index (χ2n) is 8.39. The number of phenolic OH excluding ortho intramolecular Hbond substituents is 2. The zero-order chi connectivity index (χ0) is 23.7. The number of phenols is 2. The van der Waals surface area contributed by atoms with Gasteiger partial charge in [-0.2, -0.15) is 0 Å². The van der Waals surface area contributed by atoms with Gasteiger partial charge in [-0.05, 0) is 81.9 Å². The van der Waals surface area contributed by atoms with Crippen LogP contribution in [-0.2, 0) is 0 Å². The lowest BCUT2D eigenvalue weighted by Gasteiger charge is -2.18. The van der Waals surface area contributed by atoms with Crippen LogP contribution >= 0.6 is 0 Å². The van der Waals surface area contributed by atoms with Crippen LogP contribution in [0.15, 0.2) is 97.1 Å². The standard InChI is InChI=1S/C32H26O2/c1-3-9-21-19-23(15-17-29(21)33)31-25-11-5-7-13-27(25)32(28-14-8-6-12-26(28)31)24-16-18-30(34)22(20-24)10-4-2/h3-20,33-34H,1-2H3. The summed E-state index contributed by atoms with van der Waals surface area (Å²) in [4.78, 5) is 0. The van der Waals surface area contributed by atoms with Crippen molar-refractivity contribution in [2.45, 2.75) is 13.8 Å². The predicted octanol–water partition coefficient (Wildman–Crippen LogP) is 8.80. The van der Waals surface area contributed by atoms with Crippen LogP contribution in [-0.4, -0.2) is 10.2 Å². The lowest BCUT2D eigenvalue weighted by Crippen LogP contribution is -1.91. The topological polar surface area (TPSA) is 40.5 Å². The largest absolute Gasteiger partial charge is 0.507 e. The van der Waals surface area contributed by atoms with Crippen molar-refractivity contribution in [3.63, 3.8) is 0 Å². The number of aromatic hydroxyl groups is 2. The fourth-order valence-corrected chi connectivity index (χ4v) is 4.80. The lowest BCUT2D eigenvalue weighted by atomic mass is 9.85. The van der Waals surface area contributed by atoms with Crippen molar-refractivity contribution in [1.82, 2.24) is 0 Å². The van der Waals surface area contributed by atoms with Crippen molar-refractivity contribution in [1.29, 1.82) is 0 Å². The molecule has 0 aliphatic rings. The van der Waals surface area contributed by atoms with Gasteiger partial charge in [0, 0.05) is 11.1 Å². The predicted molar refractivity (Wildman–Crippen MR) is 145 cm³/mol. The van der Waals surface area contributed by atoms with Crippen LogP contribution in [0.5, 0.6) is 11.5 Å². The average Bonchev–Trinajstić information content (AvgIpc) is 2.86. The molecule has 0 spiro atoms. The summed E-state index contributed by atoms with van der Waals surface area (Å²) in [7, 11) is 0. The Hall–Kier alpha value is -4.30. The molecule has 2 heteroatoms. The Morgan fingerprint density at radius 2 is 0.853 bits per heavy atom. The molecule has 0 aliphatic heterocycles. The number of hydrogen-bond donors (Lipinski definition) is 2. The van der Waals surface area contributed by atoms with Gasteiger partial charge >= 0.3 is 0 Å². The Morgan fingerprint density at radius 1 is 0.500 bits per heavy atom. The van der Waals surface area contributed by atoms with Crippen LogP contribution < -0.4 is 0 Å². The second-order valence-corrected chi connectivity index (χ2v) is 8.39. The van der Waals surface area contributed by atoms with Crippen molar-refractivity contribution >= 4 is 33.7 Å². The number of rotatable bonds is 4. The van der Waals surface area contributed by atoms with E-state index in [1.807, 2.05) is 62.4 Å². The van der Waals surface area contributed by atoms with Gasteiger partial charge in [-0.25, -0.2) is 0 Å². The monoisotopic (exact) mass is 442 g/mol. The van der Waals surface area contributed by atoms with E-state index >= 15 is 0 Å². The van der Waals surface area contributed by atoms with Crippen LogP contribution in [0.3, 0.4) is 0 Å². The average molecular weight is 443 g/mol. The van der Waals surface area contributed by atoms with E-state index in [4.69, 9.17) is 0 Å². The van der Waals surface area contributed by atoms with E-state index in [0.29, 0.717) is 0 Å². The zero-order valence-corrected chi connectivity index (χ0v) is 19.3. The molecule has 0 aliphatic carbocycles. The molecule has 166 valence electrons. The molecule has 5 aromatic carbocycles. The Kier molecular flexibility index (Phi) is 5.65. The smallest absolute Gasteiger partial charge is 0.122 e. The summed E-state index contributed by atoms with van der Waals surface area (Å²) >= 11 is 0. The number of allylic oxidation sites excluding steroid dienone is 2. The SMILES string of the molecule is CC=Cc1cc(-c2c3ccccc3c(-c3ccc(O)c(C=CC)c3)c3ccccc23)ccc1O. The van der Waals surface area contributed by atoms with E-state index < -0.39 is 0 Å². The van der Waals surface area contributed by atoms with Gasteiger partial charge in [0.15, 0.2) is 0 Å². The summed E-state index contributed by atoms with van der Waals surface area (Å²) in [6.07, 6.45) is 7.73. The highest BCUT2D eigenvalue weighted by atomic mass is 16.3. The molecular formula is C32H26O2. The van der Waals surface area contributed by atoms with Gasteiger partial charge in [0.2, 0.25) is 0 Å². The van der Waals surface area contributed by atoms with Crippen LogP contribution in [0, 0.1) is 0 Å². The van der Waals surface area contributed by atoms with E-state index in [9.17, 15) is 10.2 Å². The third-order valence-electron chi connectivity index (χ3n) is 6.26. The number of hydrogen-bond acceptors (Lipinski definition) is 2. The molecule has 5 rings (SSSR count). The van der Waals surface area contributed by atoms with E-state index in [-0.39, 0.29) is 11.5 Å². The number of benzene rings is 5. The maximum Gasteiger partial charge on any atom is 0.122 e. The van der Waals surface area contributed by atoms with Gasteiger partial charge in [-0.15, -0.1) is 0 Å². The van der Waals surface area contributed by atoms with Crippen molar-refractivity contribution < 1.29 is 10.2 Å². The third-order valence-corrected chi connectivity index (χ3v) is 6.26. The lowest BCUT2D eigenvalue weighted by molar-refractivity contribution is 0.473. The van der Waals surface area contributed by atoms with Gasteiger partial charge in [-0.1, -0.05) is 85.0 Å². The molecule has 0 aromatic heterocycles. The number of fused-ring (bicyclic) bond motifs is 2. The first kappa shape index (κ1) is 21.5. The highest BCUT2D eigenvalue weighted by Crippen LogP contribution is 2.44. The first-order valence-electron chi connectivity index (χ1n) is 11.5. The van der Waals surface area contributed by atoms with Crippen LogP contribution in [0.4, 0.5) is 0 Å². The van der Waals surface area contributed by atoms with Crippen molar-refractivity contribution in [3.8, 4) is 33.8 Å². The highest BCUT2D eigenvalue weighted by Gasteiger charge is 2.17. The van der Waals surface area contributed by atoms with Gasteiger partial charge in [0.1, 0.15) is 11.5 Å². The molecule has 0 bridgehead atoms. The normalized spacial score (nSPS) is 11.8. The van der Waals surface area contributed by atoms with E-state index in [1.165, 1.54) is 0 Å². The van der Waals surface area contributed by atoms with Crippen LogP contribution in [0.25, 0.3) is 56.0 Å². The van der Waals surface area contributed by atoms with E-state index in [1.54, 1.807) is 12.1 Å². The molecule has 2 N–H and O–H groups in total. The van der Waals surface area contributed by atoms with E-state index in [2.05, 4.69) is 48.5 Å². The first-order chi connectivity index (χ1) is 16.6. The van der Waals surface area contributed by atoms with Gasteiger partial charge in [0.05, 0.1) is 0 Å². The summed E-state index contributed by atoms with van der Waals surface area (Å²) < 4.78 is 0. The third kappa shape index (κ3) is 3.64. The molecule has 0 saturated heterocycles. The van der Waals surface area contributed by atoms with Crippen molar-refractivity contribution in [3.05, 3.63) is 108 Å². The van der Waals surface area contributed by atoms with E-state index in [0.717, 1.165) is 54.9 Å². The van der Waals surface area contributed by atoms with Gasteiger partial charge in [0.25, 0.3) is 0 Å². The summed E-state index contributed by atoms with van der Waals surface area (Å²) in [5, 5.41) is 25.3. The maximum atomic E-state index is 10.3. The second kappa shape index (κ2) is 8.92. The fourth-order valence-electron chi connectivity index (χ4n) is 4.80. The Morgan fingerprint density at radius 3 is 1.18 bits per heavy atom. The zero-order valence-electron chi connectivity index (χ0n) is 19.3. The van der Waals surface area contributed by atoms with Gasteiger partial charge in [-0.3, -0.25) is 0 Å². The highest BCUT2D eigenvalue weighted by molar-refractivity contribution is 6.21. The van der Waals surface area contributed by atoms with Crippen molar-refractivity contribution in [2.24, 2.45) is 0 Å². The molecule has 0 amide bonds. The van der Waals surface area contributed by atoms with Crippen LogP contribution in [0.1, 0.15) is 25.0 Å². The molecular weight excluding hydrogens is 416 g/mol. The molecule has 5 aromatic rings. The molecule has 2 nitrogen and oxygen atoms in total. The minimum absolute atomic E-state index is 0.271. The first-order valence-corrected chi connectivity index (χ1v) is 11.5. The Balaban J connectivity index is 1.91. The summed E-state index contributed by atoms with van der Waals surface area (Å²) in [6, 6.07) is 28.5. The summed E-state index contributed by atoms with van der Waals surface area (Å²) in [6.45, 7) is 3.90. The molecule has 34 heavy (non-hydrogen) atoms. The molecule has 0 fully saturated rings. The molecule has 0 unspecified atom stereocenters. The summed E-state index contributed by atoms with van der Waals surface area (Å²) in [5.41, 5.74) is 6.01. The quantitative estimate of drug-likeness (QED) is 0.273. The molecule has 0 atom stereocenters. The maximum absolute atomic E-state index is 10.3. The summed E-state index contributed by atoms with van der Waals surface area (Å²) in [5.74, 6) is 0.542. The molecule has 0 saturated carbocycles.